The molecule has 0 spiro atoms. The van der Waals surface area contributed by atoms with Gasteiger partial charge in [0, 0.05) is 49.6 Å². The predicted molar refractivity (Wildman–Crippen MR) is 321 cm³/mol. The topological polar surface area (TPSA) is 227 Å². The number of amides is 4. The van der Waals surface area contributed by atoms with Crippen molar-refractivity contribution < 1.29 is 43.3 Å². The molecule has 21 heteroatoms. The number of nitrogens with zero attached hydrogens (tertiary/aromatic N) is 8. The summed E-state index contributed by atoms with van der Waals surface area (Å²) >= 11 is 8.59. The Morgan fingerprint density at radius 2 is 1.74 bits per heavy atom. The number of aromatic hydroxyl groups is 1. The van der Waals surface area contributed by atoms with Gasteiger partial charge in [-0.15, -0.1) is 11.3 Å². The largest absolute Gasteiger partial charge is 0.508 e. The number of halogens is 2. The molecule has 5 heterocycles. The van der Waals surface area contributed by atoms with Gasteiger partial charge in [-0.25, -0.2) is 9.37 Å². The molecular weight excluding hydrogens is 1110 g/mol. The SMILES string of the molecule is C=CC(=O)N1CCN(c2nc(O[C@@H]3CCC[C@H]3N3CCC(COCC(=O)N[C@H](C(=O)N4C[C@H](O)C[C@H]4C(=O)N[C@@H](C)c4ccc(-c5scnc5C)cc4)C(C)(C)C)CC3)nc3c(F)c(-c4cc(O)cc5ccccc45)c(Cl)cc23)C[C@@H]1CC#N. The van der Waals surface area contributed by atoms with Crippen LogP contribution in [-0.4, -0.2) is 152 Å². The van der Waals surface area contributed by atoms with Gasteiger partial charge in [0.15, 0.2) is 5.82 Å². The van der Waals surface area contributed by atoms with Crippen LogP contribution in [0.3, 0.4) is 0 Å². The molecule has 0 unspecified atom stereocenters. The first-order chi connectivity index (χ1) is 40.3. The maximum atomic E-state index is 17.5. The first-order valence-electron chi connectivity index (χ1n) is 28.8. The first kappa shape index (κ1) is 59.9. The number of hydrogen-bond acceptors (Lipinski definition) is 15. The Morgan fingerprint density at radius 1 is 0.976 bits per heavy atom. The van der Waals surface area contributed by atoms with E-state index >= 15 is 4.39 Å². The van der Waals surface area contributed by atoms with E-state index in [0.717, 1.165) is 60.5 Å². The second-order valence-corrected chi connectivity index (χ2v) is 25.0. The summed E-state index contributed by atoms with van der Waals surface area (Å²) < 4.78 is 30.3. The average Bonchev–Trinajstić information content (AvgIpc) is 1.88. The van der Waals surface area contributed by atoms with Crippen LogP contribution >= 0.6 is 22.9 Å². The lowest BCUT2D eigenvalue weighted by Gasteiger charge is -2.41. The third kappa shape index (κ3) is 12.9. The number of carbonyl (C=O) groups is 4. The summed E-state index contributed by atoms with van der Waals surface area (Å²) in [5, 5.41) is 39.1. The van der Waals surface area contributed by atoms with Gasteiger partial charge in [-0.2, -0.15) is 15.2 Å². The minimum atomic E-state index is -1.00. The monoisotopic (exact) mass is 1180 g/mol. The number of nitrogens with one attached hydrogen (secondary N) is 2. The van der Waals surface area contributed by atoms with Crippen molar-refractivity contribution in [3.63, 3.8) is 0 Å². The number of aryl methyl sites for hydroxylation is 1. The highest BCUT2D eigenvalue weighted by Gasteiger charge is 2.45. The van der Waals surface area contributed by atoms with E-state index in [1.807, 2.05) is 93.6 Å². The van der Waals surface area contributed by atoms with Gasteiger partial charge in [0.05, 0.1) is 58.4 Å². The summed E-state index contributed by atoms with van der Waals surface area (Å²) in [5.41, 5.74) is 4.37. The van der Waals surface area contributed by atoms with Crippen LogP contribution in [0.5, 0.6) is 11.8 Å². The lowest BCUT2D eigenvalue weighted by molar-refractivity contribution is -0.144. The van der Waals surface area contributed by atoms with Crippen LogP contribution in [0.2, 0.25) is 5.02 Å². The number of aromatic nitrogens is 3. The normalized spacial score (nSPS) is 21.3. The number of benzene rings is 4. The second-order valence-electron chi connectivity index (χ2n) is 23.7. The molecule has 4 aliphatic rings. The number of thiazole rings is 1. The number of β-amino-alcohol motifs (C(OH)–C–C–N with tert-alkyl or cyclic N) is 1. The number of hydrogen-bond donors (Lipinski definition) is 4. The number of piperidine rings is 1. The van der Waals surface area contributed by atoms with Crippen molar-refractivity contribution in [1.29, 1.82) is 5.26 Å². The van der Waals surface area contributed by atoms with Crippen LogP contribution in [0.15, 0.2) is 84.9 Å². The molecule has 4 aromatic carbocycles. The van der Waals surface area contributed by atoms with Crippen LogP contribution in [0.4, 0.5) is 10.2 Å². The van der Waals surface area contributed by atoms with Gasteiger partial charge < -0.3 is 45.0 Å². The molecule has 1 aliphatic carbocycles. The molecule has 0 bridgehead atoms. The Hall–Kier alpha value is -7.28. The number of phenols is 1. The Balaban J connectivity index is 0.774. The molecule has 3 saturated heterocycles. The van der Waals surface area contributed by atoms with Crippen LogP contribution in [0, 0.1) is 35.4 Å². The van der Waals surface area contributed by atoms with E-state index < -0.39 is 47.3 Å². The number of rotatable bonds is 17. The minimum Gasteiger partial charge on any atom is -0.508 e. The third-order valence-corrected chi connectivity index (χ3v) is 18.2. The van der Waals surface area contributed by atoms with Crippen molar-refractivity contribution in [2.24, 2.45) is 11.3 Å². The van der Waals surface area contributed by atoms with E-state index in [9.17, 15) is 34.7 Å². The molecule has 7 atom stereocenters. The van der Waals surface area contributed by atoms with E-state index in [0.29, 0.717) is 47.1 Å². The van der Waals surface area contributed by atoms with Crippen molar-refractivity contribution >= 4 is 74.1 Å². The quantitative estimate of drug-likeness (QED) is 0.0626. The zero-order valence-electron chi connectivity index (χ0n) is 48.0. The Morgan fingerprint density at radius 3 is 2.45 bits per heavy atom. The molecule has 18 nitrogen and oxygen atoms in total. The predicted octanol–water partition coefficient (Wildman–Crippen LogP) is 8.90. The number of fused-ring (bicyclic) bond motifs is 2. The number of piperazine rings is 1. The molecule has 10 rings (SSSR count). The van der Waals surface area contributed by atoms with Crippen molar-refractivity contribution in [2.75, 3.05) is 57.4 Å². The Labute approximate surface area is 497 Å². The lowest BCUT2D eigenvalue weighted by Crippen LogP contribution is -2.58. The lowest BCUT2D eigenvalue weighted by atomic mass is 9.85. The standard InChI is InChI=1S/C63H72ClFN10O8S/c1-7-53(79)74-26-25-73(31-42(74)19-22-66)59-47-30-48(64)54(46-28-43(76)27-41-11-8-9-12-45(41)46)55(65)56(47)70-62(71-59)83-51-14-10-13-49(51)72-23-20-38(21-24-72)33-82-34-52(78)69-58(63(4,5)6)61(81)75-32-44(77)29-50(75)60(80)68-36(2)39-15-17-40(18-16-39)57-37(3)67-35-84-57/h7-9,11-12,15-18,27-28,30,35-36,38,42,44,49-51,58,76-77H,1,10,13-14,19-21,23-26,29,31-34H2,2-6H3,(H,68,80)(H,69,78)/t36-,42-,44+,49+,50-,51+,58+/m0/s1. The number of likely N-dealkylation sites (tertiary alicyclic amines) is 2. The van der Waals surface area contributed by atoms with Gasteiger partial charge in [0.25, 0.3) is 0 Å². The van der Waals surface area contributed by atoms with Gasteiger partial charge in [-0.1, -0.05) is 87.5 Å². The highest BCUT2D eigenvalue weighted by atomic mass is 35.5. The van der Waals surface area contributed by atoms with Crippen LogP contribution in [0.1, 0.15) is 89.9 Å². The average molecular weight is 1180 g/mol. The van der Waals surface area contributed by atoms with Gasteiger partial charge >= 0.3 is 6.01 Å². The fourth-order valence-electron chi connectivity index (χ4n) is 12.5. The summed E-state index contributed by atoms with van der Waals surface area (Å²) in [4.78, 5) is 77.2. The molecule has 3 aliphatic heterocycles. The van der Waals surface area contributed by atoms with Crippen LogP contribution in [0.25, 0.3) is 43.2 Å². The molecule has 2 aromatic heterocycles. The Bertz CT molecular complexity index is 3490. The fraction of sp³-hybridized carbons (Fsp3) is 0.460. The van der Waals surface area contributed by atoms with E-state index in [1.54, 1.807) is 28.4 Å². The number of anilines is 1. The summed E-state index contributed by atoms with van der Waals surface area (Å²) in [6.45, 7) is 15.3. The molecule has 84 heavy (non-hydrogen) atoms. The molecule has 442 valence electrons. The number of ether oxygens (including phenoxy) is 2. The number of phenolic OH excluding ortho intramolecular Hbond substituents is 1. The van der Waals surface area contributed by atoms with Gasteiger partial charge in [-0.3, -0.25) is 24.1 Å². The molecular formula is C63H72ClFN10O8S. The molecule has 0 radical (unpaired) electrons. The van der Waals surface area contributed by atoms with Crippen molar-refractivity contribution in [3.05, 3.63) is 107 Å². The highest BCUT2D eigenvalue weighted by Crippen LogP contribution is 2.44. The summed E-state index contributed by atoms with van der Waals surface area (Å²) in [5.74, 6) is -1.85. The summed E-state index contributed by atoms with van der Waals surface area (Å²) in [6.07, 6.45) is 4.16. The van der Waals surface area contributed by atoms with Gasteiger partial charge in [0.2, 0.25) is 23.6 Å². The molecule has 4 amide bonds. The summed E-state index contributed by atoms with van der Waals surface area (Å²) in [6, 6.07) is 19.4. The number of nitriles is 1. The first-order valence-corrected chi connectivity index (χ1v) is 30.1. The van der Waals surface area contributed by atoms with E-state index in [2.05, 4.69) is 33.2 Å². The number of carbonyl (C=O) groups excluding carboxylic acids is 4. The molecule has 1 saturated carbocycles. The number of aliphatic hydroxyl groups is 1. The molecule has 6 aromatic rings. The zero-order valence-corrected chi connectivity index (χ0v) is 49.6. The zero-order chi connectivity index (χ0) is 59.6. The fourth-order valence-corrected chi connectivity index (χ4v) is 13.6. The van der Waals surface area contributed by atoms with Crippen molar-refractivity contribution in [3.8, 4) is 39.4 Å². The van der Waals surface area contributed by atoms with Crippen molar-refractivity contribution in [1.82, 2.24) is 40.3 Å². The second kappa shape index (κ2) is 25.5. The molecule has 4 fully saturated rings. The van der Waals surface area contributed by atoms with Crippen LogP contribution < -0.4 is 20.3 Å². The highest BCUT2D eigenvalue weighted by molar-refractivity contribution is 7.13. The Kier molecular flexibility index (Phi) is 18.2. The third-order valence-electron chi connectivity index (χ3n) is 17.0. The van der Waals surface area contributed by atoms with Crippen LogP contribution in [-0.2, 0) is 23.9 Å². The smallest absolute Gasteiger partial charge is 0.319 e. The van der Waals surface area contributed by atoms with E-state index in [1.165, 1.54) is 17.0 Å². The van der Waals surface area contributed by atoms with Gasteiger partial charge in [0.1, 0.15) is 41.9 Å². The molecule has 4 N–H and O–H groups in total. The number of aliphatic hydroxyl groups excluding tert-OH is 1. The maximum absolute atomic E-state index is 17.5. The van der Waals surface area contributed by atoms with E-state index in [-0.39, 0.29) is 103 Å². The minimum absolute atomic E-state index is 0.00687. The van der Waals surface area contributed by atoms with Gasteiger partial charge in [-0.05, 0) is 122 Å². The van der Waals surface area contributed by atoms with E-state index in [4.69, 9.17) is 31.0 Å². The van der Waals surface area contributed by atoms with Crippen molar-refractivity contribution in [2.45, 2.75) is 122 Å². The maximum Gasteiger partial charge on any atom is 0.319 e. The summed E-state index contributed by atoms with van der Waals surface area (Å²) in [7, 11) is 0.